The van der Waals surface area contributed by atoms with E-state index in [1.807, 2.05) is 47.7 Å². The van der Waals surface area contributed by atoms with Crippen LogP contribution in [0.25, 0.3) is 64.3 Å². The van der Waals surface area contributed by atoms with Gasteiger partial charge >= 0.3 is 0 Å². The van der Waals surface area contributed by atoms with Crippen LogP contribution in [0.5, 0.6) is 0 Å². The lowest BCUT2D eigenvalue weighted by molar-refractivity contribution is 0.620. The van der Waals surface area contributed by atoms with Crippen molar-refractivity contribution in [1.29, 1.82) is 0 Å². The molecule has 2 heterocycles. The highest BCUT2D eigenvalue weighted by Crippen LogP contribution is 2.43. The third-order valence-corrected chi connectivity index (χ3v) is 11.8. The van der Waals surface area contributed by atoms with Crippen LogP contribution in [0.4, 0.5) is 34.1 Å². The summed E-state index contributed by atoms with van der Waals surface area (Å²) in [6, 6.07) is 71.1. The average molecular weight is 736 g/mol. The molecule has 0 N–H and O–H groups in total. The summed E-state index contributed by atoms with van der Waals surface area (Å²) in [6.07, 6.45) is 0. The van der Waals surface area contributed by atoms with Gasteiger partial charge in [-0.1, -0.05) is 97.1 Å². The average Bonchev–Trinajstić information content (AvgIpc) is 3.86. The Labute approximate surface area is 327 Å². The lowest BCUT2D eigenvalue weighted by atomic mass is 10.00. The molecule has 9 aromatic carbocycles. The largest absolute Gasteiger partial charge is 0.436 e. The van der Waals surface area contributed by atoms with E-state index in [-0.39, 0.29) is 0 Å². The fourth-order valence-corrected chi connectivity index (χ4v) is 9.07. The Hall–Kier alpha value is -7.21. The molecule has 0 aliphatic rings. The minimum atomic E-state index is 0.619. The number of rotatable bonds is 7. The van der Waals surface area contributed by atoms with Crippen molar-refractivity contribution in [3.8, 4) is 11.5 Å². The molecule has 0 amide bonds. The molecular formula is C51H33N3OS. The number of hydrogen-bond acceptors (Lipinski definition) is 5. The molecule has 264 valence electrons. The predicted octanol–water partition coefficient (Wildman–Crippen LogP) is 15.1. The molecule has 0 saturated heterocycles. The zero-order valence-electron chi connectivity index (χ0n) is 30.2. The second-order valence-electron chi connectivity index (χ2n) is 14.0. The summed E-state index contributed by atoms with van der Waals surface area (Å²) >= 11 is 1.85. The molecule has 0 saturated carbocycles. The van der Waals surface area contributed by atoms with E-state index in [4.69, 9.17) is 9.40 Å². The molecule has 0 bridgehead atoms. The van der Waals surface area contributed by atoms with Crippen molar-refractivity contribution in [2.24, 2.45) is 0 Å². The Morgan fingerprint density at radius 2 is 0.893 bits per heavy atom. The van der Waals surface area contributed by atoms with Crippen molar-refractivity contribution in [2.45, 2.75) is 0 Å². The lowest BCUT2D eigenvalue weighted by Gasteiger charge is -2.26. The molecule has 0 atom stereocenters. The summed E-state index contributed by atoms with van der Waals surface area (Å²) in [5.74, 6) is 0.619. The SMILES string of the molecule is c1ccc(-c2nc3ccc(N(c4ccccc4)c4ccc5c(ccc6cc(N(c7ccccc7)c7ccc8sc9ccccc9c8c7)ccc65)c4)cc3o2)cc1. The van der Waals surface area contributed by atoms with Crippen LogP contribution in [0.2, 0.25) is 0 Å². The highest BCUT2D eigenvalue weighted by Gasteiger charge is 2.18. The van der Waals surface area contributed by atoms with Crippen LogP contribution in [0, 0.1) is 0 Å². The van der Waals surface area contributed by atoms with Crippen LogP contribution < -0.4 is 9.80 Å². The zero-order valence-corrected chi connectivity index (χ0v) is 31.0. The minimum Gasteiger partial charge on any atom is -0.436 e. The van der Waals surface area contributed by atoms with Crippen molar-refractivity contribution >= 4 is 98.3 Å². The van der Waals surface area contributed by atoms with E-state index < -0.39 is 0 Å². The number of fused-ring (bicyclic) bond motifs is 7. The van der Waals surface area contributed by atoms with Crippen molar-refractivity contribution in [2.75, 3.05) is 9.80 Å². The fourth-order valence-electron chi connectivity index (χ4n) is 7.98. The second-order valence-corrected chi connectivity index (χ2v) is 15.1. The molecule has 0 radical (unpaired) electrons. The van der Waals surface area contributed by atoms with Crippen molar-refractivity contribution in [1.82, 2.24) is 4.98 Å². The Morgan fingerprint density at radius 3 is 1.55 bits per heavy atom. The van der Waals surface area contributed by atoms with E-state index in [1.165, 1.54) is 41.7 Å². The maximum Gasteiger partial charge on any atom is 0.227 e. The number of hydrogen-bond donors (Lipinski definition) is 0. The van der Waals surface area contributed by atoms with Gasteiger partial charge < -0.3 is 14.2 Å². The van der Waals surface area contributed by atoms with Crippen molar-refractivity contribution < 1.29 is 4.42 Å². The number of oxazole rings is 1. The number of anilines is 6. The molecule has 0 unspecified atom stereocenters. The molecule has 0 fully saturated rings. The van der Waals surface area contributed by atoms with E-state index in [0.29, 0.717) is 5.89 Å². The van der Waals surface area contributed by atoms with E-state index in [1.54, 1.807) is 0 Å². The first-order valence-corrected chi connectivity index (χ1v) is 19.6. The molecule has 0 aliphatic heterocycles. The topological polar surface area (TPSA) is 32.5 Å². The third-order valence-electron chi connectivity index (χ3n) is 10.6. The van der Waals surface area contributed by atoms with Gasteiger partial charge in [-0.25, -0.2) is 4.98 Å². The number of benzene rings is 9. The van der Waals surface area contributed by atoms with Gasteiger partial charge in [-0.05, 0) is 119 Å². The number of nitrogens with zero attached hydrogens (tertiary/aromatic N) is 3. The van der Waals surface area contributed by atoms with Crippen LogP contribution in [0.3, 0.4) is 0 Å². The summed E-state index contributed by atoms with van der Waals surface area (Å²) in [6.45, 7) is 0. The van der Waals surface area contributed by atoms with Crippen molar-refractivity contribution in [3.63, 3.8) is 0 Å². The van der Waals surface area contributed by atoms with Crippen LogP contribution in [-0.2, 0) is 0 Å². The van der Waals surface area contributed by atoms with E-state index in [0.717, 1.165) is 50.8 Å². The Bertz CT molecular complexity index is 3210. The minimum absolute atomic E-state index is 0.619. The van der Waals surface area contributed by atoms with Gasteiger partial charge in [-0.3, -0.25) is 0 Å². The van der Waals surface area contributed by atoms with Crippen LogP contribution in [0.1, 0.15) is 0 Å². The van der Waals surface area contributed by atoms with E-state index in [2.05, 4.69) is 174 Å². The number of para-hydroxylation sites is 2. The first-order chi connectivity index (χ1) is 27.7. The first kappa shape index (κ1) is 32.2. The molecule has 0 spiro atoms. The quantitative estimate of drug-likeness (QED) is 0.153. The molecule has 4 nitrogen and oxygen atoms in total. The molecular weight excluding hydrogens is 703 g/mol. The summed E-state index contributed by atoms with van der Waals surface area (Å²) < 4.78 is 8.92. The summed E-state index contributed by atoms with van der Waals surface area (Å²) in [5.41, 5.74) is 9.04. The van der Waals surface area contributed by atoms with Gasteiger partial charge in [-0.15, -0.1) is 11.3 Å². The summed E-state index contributed by atoms with van der Waals surface area (Å²) in [4.78, 5) is 9.43. The highest BCUT2D eigenvalue weighted by atomic mass is 32.1. The van der Waals surface area contributed by atoms with Gasteiger partial charge in [0.25, 0.3) is 0 Å². The van der Waals surface area contributed by atoms with E-state index >= 15 is 0 Å². The fraction of sp³-hybridized carbons (Fsp3) is 0. The summed E-state index contributed by atoms with van der Waals surface area (Å²) in [7, 11) is 0. The van der Waals surface area contributed by atoms with Gasteiger partial charge in [0.15, 0.2) is 5.58 Å². The molecule has 0 aliphatic carbocycles. The lowest BCUT2D eigenvalue weighted by Crippen LogP contribution is -2.10. The van der Waals surface area contributed by atoms with Crippen molar-refractivity contribution in [3.05, 3.63) is 200 Å². The predicted molar refractivity (Wildman–Crippen MR) is 237 cm³/mol. The summed E-state index contributed by atoms with van der Waals surface area (Å²) in [5, 5.41) is 7.37. The maximum atomic E-state index is 6.31. The standard InChI is InChI=1S/C51H33N3OS/c1-4-12-34(13-5-1)51-52-47-28-24-42(33-48(47)55-51)54(38-16-8-3-9-17-38)40-23-27-44-36(31-40)21-20-35-30-39(22-26-43(35)44)53(37-14-6-2-7-15-37)41-25-29-50-46(32-41)45-18-10-11-19-49(45)56-50/h1-33H. The second kappa shape index (κ2) is 13.3. The Morgan fingerprint density at radius 1 is 0.375 bits per heavy atom. The molecule has 11 rings (SSSR count). The zero-order chi connectivity index (χ0) is 37.0. The van der Waals surface area contributed by atoms with Gasteiger partial charge in [0.1, 0.15) is 5.52 Å². The third kappa shape index (κ3) is 5.56. The smallest absolute Gasteiger partial charge is 0.227 e. The number of thiophene rings is 1. The van der Waals surface area contributed by atoms with Gasteiger partial charge in [-0.2, -0.15) is 0 Å². The van der Waals surface area contributed by atoms with Gasteiger partial charge in [0.2, 0.25) is 5.89 Å². The molecule has 2 aromatic heterocycles. The normalized spacial score (nSPS) is 11.6. The molecule has 5 heteroatoms. The van der Waals surface area contributed by atoms with Crippen LogP contribution in [-0.4, -0.2) is 4.98 Å². The van der Waals surface area contributed by atoms with Crippen LogP contribution in [0.15, 0.2) is 205 Å². The monoisotopic (exact) mass is 735 g/mol. The van der Waals surface area contributed by atoms with Gasteiger partial charge in [0.05, 0.1) is 0 Å². The molecule has 11 aromatic rings. The Kier molecular flexibility index (Phi) is 7.64. The molecule has 56 heavy (non-hydrogen) atoms. The van der Waals surface area contributed by atoms with E-state index in [9.17, 15) is 0 Å². The maximum absolute atomic E-state index is 6.31. The Balaban J connectivity index is 0.998. The highest BCUT2D eigenvalue weighted by molar-refractivity contribution is 7.25. The van der Waals surface area contributed by atoms with Crippen LogP contribution >= 0.6 is 11.3 Å². The number of aromatic nitrogens is 1. The van der Waals surface area contributed by atoms with Gasteiger partial charge in [0, 0.05) is 65.9 Å². The first-order valence-electron chi connectivity index (χ1n) is 18.8.